The molecule has 2 saturated carbocycles. The summed E-state index contributed by atoms with van der Waals surface area (Å²) in [5.74, 6) is 0.279. The summed E-state index contributed by atoms with van der Waals surface area (Å²) in [4.78, 5) is 27.6. The molecule has 2 aliphatic carbocycles. The van der Waals surface area contributed by atoms with Crippen LogP contribution in [-0.4, -0.2) is 16.9 Å². The monoisotopic (exact) mass is 300 g/mol. The van der Waals surface area contributed by atoms with Gasteiger partial charge in [0.1, 0.15) is 11.5 Å². The maximum absolute atomic E-state index is 12.7. The van der Waals surface area contributed by atoms with Gasteiger partial charge in [-0.15, -0.1) is 0 Å². The van der Waals surface area contributed by atoms with Crippen LogP contribution in [0.3, 0.4) is 0 Å². The summed E-state index contributed by atoms with van der Waals surface area (Å²) in [7, 11) is 0. The Morgan fingerprint density at radius 3 is 2.59 bits per heavy atom. The molecule has 3 unspecified atom stereocenters. The lowest BCUT2D eigenvalue weighted by Gasteiger charge is -2.32. The van der Waals surface area contributed by atoms with Crippen molar-refractivity contribution >= 4 is 23.4 Å². The number of carbonyl (C=O) groups excluding carboxylic acids is 1. The molecule has 0 radical (unpaired) electrons. The van der Waals surface area contributed by atoms with E-state index in [1.807, 2.05) is 6.92 Å². The second-order valence-electron chi connectivity index (χ2n) is 7.11. The minimum absolute atomic E-state index is 0.0279. The van der Waals surface area contributed by atoms with Crippen molar-refractivity contribution in [3.05, 3.63) is 34.4 Å². The van der Waals surface area contributed by atoms with E-state index in [2.05, 4.69) is 18.8 Å². The van der Waals surface area contributed by atoms with Crippen LogP contribution in [0.5, 0.6) is 0 Å². The van der Waals surface area contributed by atoms with Crippen molar-refractivity contribution in [2.45, 2.75) is 33.6 Å². The number of hydrogen-bond acceptors (Lipinski definition) is 4. The maximum Gasteiger partial charge on any atom is 0.294 e. The van der Waals surface area contributed by atoms with Gasteiger partial charge >= 0.3 is 0 Å². The van der Waals surface area contributed by atoms with Crippen LogP contribution in [0.2, 0.25) is 0 Å². The first kappa shape index (κ1) is 14.9. The highest BCUT2D eigenvalue weighted by Gasteiger charge is 2.65. The number of hydrogen-bond donors (Lipinski definition) is 0. The van der Waals surface area contributed by atoms with E-state index in [9.17, 15) is 14.9 Å². The van der Waals surface area contributed by atoms with Gasteiger partial charge in [0.15, 0.2) is 0 Å². The van der Waals surface area contributed by atoms with Crippen LogP contribution >= 0.6 is 0 Å². The normalized spacial score (nSPS) is 32.8. The van der Waals surface area contributed by atoms with E-state index in [4.69, 9.17) is 0 Å². The molecule has 0 aliphatic heterocycles. The van der Waals surface area contributed by atoms with Crippen LogP contribution in [0.25, 0.3) is 0 Å². The topological polar surface area (TPSA) is 72.6 Å². The van der Waals surface area contributed by atoms with Gasteiger partial charge in [-0.3, -0.25) is 19.9 Å². The van der Waals surface area contributed by atoms with Gasteiger partial charge in [-0.25, -0.2) is 0 Å². The van der Waals surface area contributed by atoms with Crippen molar-refractivity contribution < 1.29 is 9.72 Å². The molecule has 5 nitrogen and oxygen atoms in total. The Morgan fingerprint density at radius 2 is 2.00 bits per heavy atom. The molecule has 2 fully saturated rings. The zero-order valence-electron chi connectivity index (χ0n) is 13.1. The van der Waals surface area contributed by atoms with Crippen LogP contribution in [0.4, 0.5) is 11.4 Å². The van der Waals surface area contributed by atoms with Crippen LogP contribution in [0.15, 0.2) is 29.3 Å². The van der Waals surface area contributed by atoms with Crippen LogP contribution in [0, 0.1) is 32.8 Å². The van der Waals surface area contributed by atoms with Crippen molar-refractivity contribution in [3.8, 4) is 0 Å². The SMILES string of the molecule is CC12CCC(C(C=Nc3ccccc3[N+](=O)[O-])C1=O)C2(C)C. The quantitative estimate of drug-likeness (QED) is 0.482. The molecule has 2 aliphatic rings. The molecule has 2 bridgehead atoms. The fourth-order valence-electron chi connectivity index (χ4n) is 4.22. The van der Waals surface area contributed by atoms with E-state index in [0.717, 1.165) is 12.8 Å². The van der Waals surface area contributed by atoms with Gasteiger partial charge < -0.3 is 0 Å². The highest BCUT2D eigenvalue weighted by Crippen LogP contribution is 2.65. The number of ketones is 1. The molecule has 0 spiro atoms. The molecule has 0 saturated heterocycles. The summed E-state index contributed by atoms with van der Waals surface area (Å²) in [5, 5.41) is 11.0. The number of carbonyl (C=O) groups is 1. The molecule has 22 heavy (non-hydrogen) atoms. The number of benzene rings is 1. The maximum atomic E-state index is 12.7. The van der Waals surface area contributed by atoms with E-state index in [-0.39, 0.29) is 34.1 Å². The first-order valence-corrected chi connectivity index (χ1v) is 7.61. The number of Topliss-reactive ketones (excluding diaryl/α,β-unsaturated/α-hetero) is 1. The highest BCUT2D eigenvalue weighted by atomic mass is 16.6. The average molecular weight is 300 g/mol. The fraction of sp³-hybridized carbons (Fsp3) is 0.529. The average Bonchev–Trinajstić information content (AvgIpc) is 2.78. The molecular weight excluding hydrogens is 280 g/mol. The third-order valence-corrected chi connectivity index (χ3v) is 6.04. The van der Waals surface area contributed by atoms with Gasteiger partial charge in [0.2, 0.25) is 0 Å². The van der Waals surface area contributed by atoms with Crippen LogP contribution in [0.1, 0.15) is 33.6 Å². The molecule has 0 aromatic heterocycles. The molecular formula is C17H20N2O3. The smallest absolute Gasteiger partial charge is 0.294 e. The molecule has 3 rings (SSSR count). The minimum Gasteiger partial charge on any atom is -0.298 e. The molecule has 3 atom stereocenters. The zero-order valence-corrected chi connectivity index (χ0v) is 13.1. The fourth-order valence-corrected chi connectivity index (χ4v) is 4.22. The van der Waals surface area contributed by atoms with E-state index >= 15 is 0 Å². The highest BCUT2D eigenvalue weighted by molar-refractivity contribution is 6.03. The van der Waals surface area contributed by atoms with E-state index < -0.39 is 4.92 Å². The Morgan fingerprint density at radius 1 is 1.32 bits per heavy atom. The number of para-hydroxylation sites is 2. The van der Waals surface area contributed by atoms with E-state index in [1.54, 1.807) is 24.4 Å². The largest absolute Gasteiger partial charge is 0.298 e. The number of fused-ring (bicyclic) bond motifs is 2. The molecule has 5 heteroatoms. The summed E-state index contributed by atoms with van der Waals surface area (Å²) in [6.07, 6.45) is 3.59. The van der Waals surface area contributed by atoms with Crippen molar-refractivity contribution in [1.82, 2.24) is 0 Å². The van der Waals surface area contributed by atoms with Gasteiger partial charge in [-0.1, -0.05) is 32.9 Å². The minimum atomic E-state index is -0.444. The number of nitrogens with zero attached hydrogens (tertiary/aromatic N) is 2. The Labute approximate surface area is 129 Å². The molecule has 0 N–H and O–H groups in total. The number of aliphatic imine (C=N–C) groups is 1. The lowest BCUT2D eigenvalue weighted by Crippen LogP contribution is -2.33. The summed E-state index contributed by atoms with van der Waals surface area (Å²) >= 11 is 0. The van der Waals surface area contributed by atoms with Gasteiger partial charge in [0, 0.05) is 17.7 Å². The second kappa shape index (κ2) is 4.73. The lowest BCUT2D eigenvalue weighted by atomic mass is 9.70. The van der Waals surface area contributed by atoms with Crippen molar-refractivity contribution in [1.29, 1.82) is 0 Å². The summed E-state index contributed by atoms with van der Waals surface area (Å²) in [5.41, 5.74) is -0.0498. The van der Waals surface area contributed by atoms with E-state index in [1.165, 1.54) is 6.07 Å². The van der Waals surface area contributed by atoms with Crippen LogP contribution < -0.4 is 0 Å². The Kier molecular flexibility index (Phi) is 3.20. The first-order valence-electron chi connectivity index (χ1n) is 7.61. The third-order valence-electron chi connectivity index (χ3n) is 6.04. The predicted molar refractivity (Wildman–Crippen MR) is 84.4 cm³/mol. The van der Waals surface area contributed by atoms with Crippen molar-refractivity contribution in [3.63, 3.8) is 0 Å². The number of nitro groups is 1. The molecule has 116 valence electrons. The van der Waals surface area contributed by atoms with Crippen molar-refractivity contribution in [2.24, 2.45) is 27.7 Å². The Balaban J connectivity index is 1.92. The standard InChI is InChI=1S/C17H20N2O3/c1-16(2)12-8-9-17(16,3)15(20)11(12)10-18-13-6-4-5-7-14(13)19(21)22/h4-7,10-12H,8-9H2,1-3H3. The van der Waals surface area contributed by atoms with Gasteiger partial charge in [0.05, 0.1) is 10.8 Å². The third kappa shape index (κ3) is 1.84. The summed E-state index contributed by atoms with van der Waals surface area (Å²) in [6.45, 7) is 6.36. The summed E-state index contributed by atoms with van der Waals surface area (Å²) in [6, 6.07) is 6.37. The molecule has 1 aromatic carbocycles. The molecule has 0 amide bonds. The second-order valence-corrected chi connectivity index (χ2v) is 7.11. The lowest BCUT2D eigenvalue weighted by molar-refractivity contribution is -0.384. The van der Waals surface area contributed by atoms with Gasteiger partial charge in [-0.05, 0) is 30.2 Å². The number of nitro benzene ring substituents is 1. The van der Waals surface area contributed by atoms with Gasteiger partial charge in [-0.2, -0.15) is 0 Å². The van der Waals surface area contributed by atoms with Gasteiger partial charge in [0.25, 0.3) is 5.69 Å². The Bertz CT molecular complexity index is 680. The van der Waals surface area contributed by atoms with E-state index in [0.29, 0.717) is 5.69 Å². The summed E-state index contributed by atoms with van der Waals surface area (Å²) < 4.78 is 0. The van der Waals surface area contributed by atoms with Crippen LogP contribution in [-0.2, 0) is 4.79 Å². The Hall–Kier alpha value is -2.04. The zero-order chi connectivity index (χ0) is 16.1. The molecule has 0 heterocycles. The predicted octanol–water partition coefficient (Wildman–Crippen LogP) is 3.94. The number of rotatable bonds is 3. The first-order chi connectivity index (χ1) is 10.3. The molecule has 1 aromatic rings. The van der Waals surface area contributed by atoms with Crippen molar-refractivity contribution in [2.75, 3.05) is 0 Å².